The summed E-state index contributed by atoms with van der Waals surface area (Å²) in [6.45, 7) is 4.54. The van der Waals surface area contributed by atoms with Gasteiger partial charge in [-0.25, -0.2) is 4.79 Å². The predicted octanol–water partition coefficient (Wildman–Crippen LogP) is 3.94. The predicted molar refractivity (Wildman–Crippen MR) is 126 cm³/mol. The second-order valence-electron chi connectivity index (χ2n) is 8.82. The fourth-order valence-corrected chi connectivity index (χ4v) is 4.91. The molecule has 2 saturated heterocycles. The van der Waals surface area contributed by atoms with Gasteiger partial charge in [-0.05, 0) is 61.6 Å². The van der Waals surface area contributed by atoms with E-state index in [0.29, 0.717) is 18.5 Å². The fraction of sp³-hybridized carbons (Fsp3) is 0.400. The number of benzene rings is 2. The van der Waals surface area contributed by atoms with Crippen LogP contribution in [0.4, 0.5) is 5.69 Å². The fourth-order valence-electron chi connectivity index (χ4n) is 4.79. The number of likely N-dealkylation sites (tertiary alicyclic amines) is 2. The van der Waals surface area contributed by atoms with E-state index < -0.39 is 12.0 Å². The molecule has 7 nitrogen and oxygen atoms in total. The molecule has 2 amide bonds. The van der Waals surface area contributed by atoms with Crippen molar-refractivity contribution in [3.8, 4) is 0 Å². The molecule has 2 fully saturated rings. The Labute approximate surface area is 198 Å². The summed E-state index contributed by atoms with van der Waals surface area (Å²) < 4.78 is 0. The zero-order valence-corrected chi connectivity index (χ0v) is 19.3. The summed E-state index contributed by atoms with van der Waals surface area (Å²) in [5, 5.41) is 12.7. The monoisotopic (exact) mass is 469 g/mol. The third kappa shape index (κ3) is 5.37. The molecule has 0 aromatic heterocycles. The Morgan fingerprint density at radius 3 is 2.58 bits per heavy atom. The highest BCUT2D eigenvalue weighted by Gasteiger charge is 2.41. The molecule has 174 valence electrons. The van der Waals surface area contributed by atoms with E-state index in [1.54, 1.807) is 17.0 Å². The van der Waals surface area contributed by atoms with Crippen molar-refractivity contribution >= 4 is 35.1 Å². The molecule has 2 aromatic rings. The Hall–Kier alpha value is -2.90. The van der Waals surface area contributed by atoms with Crippen LogP contribution in [0, 0.1) is 6.92 Å². The molecule has 0 aliphatic carbocycles. The quantitative estimate of drug-likeness (QED) is 0.668. The summed E-state index contributed by atoms with van der Waals surface area (Å²) >= 11 is 6.13. The average Bonchev–Trinajstić information content (AvgIpc) is 3.18. The number of amides is 2. The first-order chi connectivity index (χ1) is 15.8. The lowest BCUT2D eigenvalue weighted by Gasteiger charge is -2.39. The van der Waals surface area contributed by atoms with Crippen LogP contribution < -0.4 is 5.32 Å². The van der Waals surface area contributed by atoms with Crippen molar-refractivity contribution in [3.63, 3.8) is 0 Å². The first-order valence-electron chi connectivity index (χ1n) is 11.2. The van der Waals surface area contributed by atoms with Gasteiger partial charge < -0.3 is 15.3 Å². The van der Waals surface area contributed by atoms with Crippen LogP contribution >= 0.6 is 11.6 Å². The second kappa shape index (κ2) is 9.93. The molecule has 8 heteroatoms. The number of hydrogen-bond acceptors (Lipinski definition) is 4. The third-order valence-electron chi connectivity index (χ3n) is 6.51. The van der Waals surface area contributed by atoms with Crippen LogP contribution in [-0.2, 0) is 16.1 Å². The highest BCUT2D eigenvalue weighted by molar-refractivity contribution is 6.31. The topological polar surface area (TPSA) is 90.0 Å². The number of aromatic carboxylic acids is 1. The van der Waals surface area contributed by atoms with Gasteiger partial charge in [0.1, 0.15) is 6.04 Å². The van der Waals surface area contributed by atoms with Crippen molar-refractivity contribution in [1.82, 2.24) is 9.80 Å². The number of anilines is 1. The maximum absolute atomic E-state index is 13.0. The van der Waals surface area contributed by atoms with E-state index in [1.165, 1.54) is 17.7 Å². The summed E-state index contributed by atoms with van der Waals surface area (Å²) in [6.07, 6.45) is 2.47. The summed E-state index contributed by atoms with van der Waals surface area (Å²) in [7, 11) is 0. The molecule has 0 spiro atoms. The molecule has 2 heterocycles. The van der Waals surface area contributed by atoms with Gasteiger partial charge in [0.15, 0.2) is 0 Å². The molecule has 2 aliphatic heterocycles. The van der Waals surface area contributed by atoms with Crippen LogP contribution in [0.2, 0.25) is 5.02 Å². The number of carboxylic acid groups (broad SMARTS) is 1. The minimum atomic E-state index is -1.05. The number of nitrogens with one attached hydrogen (secondary N) is 1. The van der Waals surface area contributed by atoms with Crippen molar-refractivity contribution in [3.05, 3.63) is 64.2 Å². The van der Waals surface area contributed by atoms with Crippen LogP contribution in [0.1, 0.15) is 47.2 Å². The molecular weight excluding hydrogens is 442 g/mol. The van der Waals surface area contributed by atoms with E-state index in [2.05, 4.69) is 16.3 Å². The van der Waals surface area contributed by atoms with Gasteiger partial charge in [-0.3, -0.25) is 14.5 Å². The third-order valence-corrected chi connectivity index (χ3v) is 6.94. The van der Waals surface area contributed by atoms with Gasteiger partial charge in [0.25, 0.3) is 0 Å². The number of piperidine rings is 1. The molecule has 2 aliphatic rings. The normalized spacial score (nSPS) is 19.6. The minimum Gasteiger partial charge on any atom is -0.478 e. The van der Waals surface area contributed by atoms with Crippen LogP contribution in [0.25, 0.3) is 0 Å². The lowest BCUT2D eigenvalue weighted by atomic mass is 10.0. The van der Waals surface area contributed by atoms with E-state index in [-0.39, 0.29) is 23.4 Å². The van der Waals surface area contributed by atoms with Crippen LogP contribution in [-0.4, -0.2) is 57.9 Å². The van der Waals surface area contributed by atoms with Gasteiger partial charge in [-0.15, -0.1) is 0 Å². The minimum absolute atomic E-state index is 0.0150. The Bertz CT molecular complexity index is 1070. The number of halogens is 1. The number of aryl methyl sites for hydroxylation is 1. The van der Waals surface area contributed by atoms with Crippen LogP contribution in [0.15, 0.2) is 42.5 Å². The van der Waals surface area contributed by atoms with E-state index in [0.717, 1.165) is 43.1 Å². The van der Waals surface area contributed by atoms with E-state index in [1.807, 2.05) is 19.1 Å². The molecule has 1 atom stereocenters. The van der Waals surface area contributed by atoms with Gasteiger partial charge in [0.05, 0.1) is 5.56 Å². The number of carboxylic acids is 1. The van der Waals surface area contributed by atoms with E-state index in [9.17, 15) is 14.4 Å². The molecule has 0 bridgehead atoms. The van der Waals surface area contributed by atoms with E-state index >= 15 is 0 Å². The Morgan fingerprint density at radius 1 is 1.12 bits per heavy atom. The van der Waals surface area contributed by atoms with Crippen molar-refractivity contribution in [2.24, 2.45) is 0 Å². The molecule has 0 radical (unpaired) electrons. The highest BCUT2D eigenvalue weighted by Crippen LogP contribution is 2.29. The summed E-state index contributed by atoms with van der Waals surface area (Å²) in [5.74, 6) is -1.30. The smallest absolute Gasteiger partial charge is 0.335 e. The van der Waals surface area contributed by atoms with Crippen LogP contribution in [0.3, 0.4) is 0 Å². The standard InChI is InChI=1S/C25H28ClN3O4/c1-16-13-17(5-6-21(16)26)15-28-11-9-20(10-12-28)29-22(7-8-23(29)30)24(31)27-19-4-2-3-18(14-19)25(32)33/h2-6,13-14,20,22H,7-12,15H2,1H3,(H,27,31)(H,32,33)/t22-/m1/s1. The summed E-state index contributed by atoms with van der Waals surface area (Å²) in [5.41, 5.74) is 2.81. The van der Waals surface area contributed by atoms with Crippen molar-refractivity contribution in [2.45, 2.75) is 51.2 Å². The first-order valence-corrected chi connectivity index (χ1v) is 11.6. The Morgan fingerprint density at radius 2 is 1.88 bits per heavy atom. The molecular formula is C25H28ClN3O4. The molecule has 33 heavy (non-hydrogen) atoms. The Kier molecular flexibility index (Phi) is 7.00. The Balaban J connectivity index is 1.37. The molecule has 0 unspecified atom stereocenters. The lowest BCUT2D eigenvalue weighted by Crippen LogP contribution is -2.51. The summed E-state index contributed by atoms with van der Waals surface area (Å²) in [6, 6.07) is 11.7. The maximum Gasteiger partial charge on any atom is 0.335 e. The highest BCUT2D eigenvalue weighted by atomic mass is 35.5. The molecule has 2 aromatic carbocycles. The largest absolute Gasteiger partial charge is 0.478 e. The zero-order chi connectivity index (χ0) is 23.5. The molecule has 0 saturated carbocycles. The SMILES string of the molecule is Cc1cc(CN2CCC(N3C(=O)CC[C@@H]3C(=O)Nc3cccc(C(=O)O)c3)CC2)ccc1Cl. The van der Waals surface area contributed by atoms with Gasteiger partial charge in [0, 0.05) is 42.8 Å². The maximum atomic E-state index is 13.0. The van der Waals surface area contributed by atoms with Crippen molar-refractivity contribution in [2.75, 3.05) is 18.4 Å². The number of carbonyl (C=O) groups excluding carboxylic acids is 2. The van der Waals surface area contributed by atoms with Crippen LogP contribution in [0.5, 0.6) is 0 Å². The van der Waals surface area contributed by atoms with Crippen molar-refractivity contribution in [1.29, 1.82) is 0 Å². The van der Waals surface area contributed by atoms with Gasteiger partial charge in [-0.1, -0.05) is 29.8 Å². The second-order valence-corrected chi connectivity index (χ2v) is 9.23. The van der Waals surface area contributed by atoms with Gasteiger partial charge >= 0.3 is 5.97 Å². The molecule has 2 N–H and O–H groups in total. The van der Waals surface area contributed by atoms with E-state index in [4.69, 9.17) is 16.7 Å². The number of nitrogens with zero attached hydrogens (tertiary/aromatic N) is 2. The van der Waals surface area contributed by atoms with Gasteiger partial charge in [-0.2, -0.15) is 0 Å². The zero-order valence-electron chi connectivity index (χ0n) is 18.6. The summed E-state index contributed by atoms with van der Waals surface area (Å²) in [4.78, 5) is 41.0. The number of carbonyl (C=O) groups is 3. The lowest BCUT2D eigenvalue weighted by molar-refractivity contribution is -0.136. The molecule has 4 rings (SSSR count). The first kappa shape index (κ1) is 23.3. The van der Waals surface area contributed by atoms with Crippen molar-refractivity contribution < 1.29 is 19.5 Å². The number of rotatable bonds is 6. The number of hydrogen-bond donors (Lipinski definition) is 2. The van der Waals surface area contributed by atoms with Gasteiger partial charge in [0.2, 0.25) is 11.8 Å². The average molecular weight is 470 g/mol.